The molecule has 116 valence electrons. The van der Waals surface area contributed by atoms with E-state index < -0.39 is 0 Å². The summed E-state index contributed by atoms with van der Waals surface area (Å²) in [4.78, 5) is 19.2. The Morgan fingerprint density at radius 1 is 1.14 bits per heavy atom. The minimum absolute atomic E-state index is 0.0254. The van der Waals surface area contributed by atoms with Crippen molar-refractivity contribution in [2.45, 2.75) is 76.8 Å². The summed E-state index contributed by atoms with van der Waals surface area (Å²) >= 11 is 0. The first kappa shape index (κ1) is 14.5. The number of carbonyl (C=O) groups excluding carboxylic acids is 1. The Kier molecular flexibility index (Phi) is 3.54. The van der Waals surface area contributed by atoms with Crippen LogP contribution in [0, 0.1) is 0 Å². The first-order chi connectivity index (χ1) is 9.92. The van der Waals surface area contributed by atoms with Gasteiger partial charge in [-0.1, -0.05) is 19.3 Å². The van der Waals surface area contributed by atoms with Crippen molar-refractivity contribution in [2.24, 2.45) is 0 Å². The Labute approximate surface area is 126 Å². The van der Waals surface area contributed by atoms with E-state index in [1.807, 2.05) is 0 Å². The van der Waals surface area contributed by atoms with E-state index >= 15 is 0 Å². The minimum Gasteiger partial charge on any atom is -0.330 e. The lowest BCUT2D eigenvalue weighted by atomic mass is 9.79. The highest BCUT2D eigenvalue weighted by Crippen LogP contribution is 2.42. The van der Waals surface area contributed by atoms with Crippen LogP contribution in [-0.2, 0) is 5.54 Å². The topological polar surface area (TPSA) is 51.0 Å². The molecule has 0 aromatic carbocycles. The van der Waals surface area contributed by atoms with Gasteiger partial charge in [-0.15, -0.1) is 5.10 Å². The molecule has 21 heavy (non-hydrogen) atoms. The number of hydrogen-bond donors (Lipinski definition) is 0. The van der Waals surface area contributed by atoms with Crippen LogP contribution in [0.25, 0.3) is 0 Å². The second kappa shape index (κ2) is 5.11. The molecule has 1 aliphatic carbocycles. The van der Waals surface area contributed by atoms with E-state index in [0.717, 1.165) is 32.2 Å². The van der Waals surface area contributed by atoms with E-state index in [9.17, 15) is 4.79 Å². The second-order valence-corrected chi connectivity index (χ2v) is 7.53. The third-order valence-corrected chi connectivity index (χ3v) is 5.00. The van der Waals surface area contributed by atoms with Gasteiger partial charge in [-0.05, 0) is 46.5 Å². The van der Waals surface area contributed by atoms with Gasteiger partial charge in [-0.25, -0.2) is 9.67 Å². The van der Waals surface area contributed by atoms with Gasteiger partial charge >= 0.3 is 0 Å². The summed E-state index contributed by atoms with van der Waals surface area (Å²) in [6.45, 7) is 7.06. The first-order valence-electron chi connectivity index (χ1n) is 8.17. The average Bonchev–Trinajstić information content (AvgIpc) is 3.06. The van der Waals surface area contributed by atoms with Crippen LogP contribution in [0.15, 0.2) is 6.33 Å². The summed E-state index contributed by atoms with van der Waals surface area (Å²) in [6.07, 6.45) is 10.0. The Morgan fingerprint density at radius 3 is 2.43 bits per heavy atom. The smallest absolute Gasteiger partial charge is 0.293 e. The summed E-state index contributed by atoms with van der Waals surface area (Å²) in [6, 6.07) is 0. The molecule has 5 nitrogen and oxygen atoms in total. The molecule has 0 N–H and O–H groups in total. The molecule has 2 heterocycles. The van der Waals surface area contributed by atoms with Gasteiger partial charge in [0.2, 0.25) is 5.82 Å². The Balaban J connectivity index is 1.82. The summed E-state index contributed by atoms with van der Waals surface area (Å²) in [5, 5.41) is 4.42. The molecular weight excluding hydrogens is 264 g/mol. The van der Waals surface area contributed by atoms with Gasteiger partial charge in [0.1, 0.15) is 6.33 Å². The van der Waals surface area contributed by atoms with Crippen molar-refractivity contribution >= 4 is 5.91 Å². The maximum atomic E-state index is 12.8. The molecule has 1 aliphatic heterocycles. The number of aromatic nitrogens is 3. The lowest BCUT2D eigenvalue weighted by Gasteiger charge is -2.41. The molecule has 1 spiro atoms. The lowest BCUT2D eigenvalue weighted by Crippen LogP contribution is -2.48. The van der Waals surface area contributed by atoms with E-state index in [1.165, 1.54) is 19.3 Å². The zero-order chi connectivity index (χ0) is 15.1. The number of likely N-dealkylation sites (tertiary alicyclic amines) is 1. The fourth-order valence-corrected chi connectivity index (χ4v) is 3.79. The van der Waals surface area contributed by atoms with Crippen molar-refractivity contribution in [3.8, 4) is 0 Å². The maximum Gasteiger partial charge on any atom is 0.293 e. The summed E-state index contributed by atoms with van der Waals surface area (Å²) < 4.78 is 1.78. The van der Waals surface area contributed by atoms with E-state index in [2.05, 4.69) is 35.8 Å². The Morgan fingerprint density at radius 2 is 1.81 bits per heavy atom. The molecule has 5 heteroatoms. The molecule has 1 saturated heterocycles. The highest BCUT2D eigenvalue weighted by molar-refractivity contribution is 5.91. The molecule has 0 atom stereocenters. The molecule has 0 bridgehead atoms. The van der Waals surface area contributed by atoms with Gasteiger partial charge in [0.05, 0.1) is 5.54 Å². The molecule has 2 fully saturated rings. The molecule has 3 rings (SSSR count). The second-order valence-electron chi connectivity index (χ2n) is 7.53. The molecule has 1 amide bonds. The third kappa shape index (κ3) is 2.58. The van der Waals surface area contributed by atoms with E-state index in [1.54, 1.807) is 11.0 Å². The van der Waals surface area contributed by atoms with Crippen LogP contribution in [0.3, 0.4) is 0 Å². The number of hydrogen-bond acceptors (Lipinski definition) is 3. The van der Waals surface area contributed by atoms with E-state index in [-0.39, 0.29) is 17.0 Å². The van der Waals surface area contributed by atoms with E-state index in [0.29, 0.717) is 5.82 Å². The van der Waals surface area contributed by atoms with Crippen LogP contribution in [0.4, 0.5) is 0 Å². The highest BCUT2D eigenvalue weighted by Gasteiger charge is 2.45. The van der Waals surface area contributed by atoms with E-state index in [4.69, 9.17) is 0 Å². The van der Waals surface area contributed by atoms with Crippen LogP contribution in [0.2, 0.25) is 0 Å². The largest absolute Gasteiger partial charge is 0.330 e. The normalized spacial score (nSPS) is 22.0. The van der Waals surface area contributed by atoms with Gasteiger partial charge in [0, 0.05) is 12.1 Å². The van der Waals surface area contributed by atoms with Crippen molar-refractivity contribution in [2.75, 3.05) is 6.54 Å². The first-order valence-corrected chi connectivity index (χ1v) is 8.17. The van der Waals surface area contributed by atoms with Crippen LogP contribution >= 0.6 is 0 Å². The maximum absolute atomic E-state index is 12.8. The Hall–Kier alpha value is -1.39. The van der Waals surface area contributed by atoms with Crippen LogP contribution in [-0.4, -0.2) is 37.7 Å². The van der Waals surface area contributed by atoms with Crippen molar-refractivity contribution < 1.29 is 4.79 Å². The highest BCUT2D eigenvalue weighted by atomic mass is 16.2. The summed E-state index contributed by atoms with van der Waals surface area (Å²) in [5.41, 5.74) is -0.0401. The standard InChI is InChI=1S/C16H26N4O/c1-15(2,3)20-12-17-13(18-20)14(21)19-11-7-10-16(19)8-5-4-6-9-16/h12H,4-11H2,1-3H3. The zero-order valence-corrected chi connectivity index (χ0v) is 13.4. The fraction of sp³-hybridized carbons (Fsp3) is 0.812. The minimum atomic E-state index is -0.140. The molecule has 1 aromatic rings. The number of carbonyl (C=O) groups is 1. The number of nitrogens with zero attached hydrogens (tertiary/aromatic N) is 4. The SMILES string of the molecule is CC(C)(C)n1cnc(C(=O)N2CCCC23CCCCC3)n1. The predicted octanol–water partition coefficient (Wildman–Crippen LogP) is 2.97. The van der Waals surface area contributed by atoms with Gasteiger partial charge in [-0.3, -0.25) is 4.79 Å². The predicted molar refractivity (Wildman–Crippen MR) is 81.1 cm³/mol. The van der Waals surface area contributed by atoms with Crippen LogP contribution in [0.1, 0.15) is 76.3 Å². The summed E-state index contributed by atoms with van der Waals surface area (Å²) in [5.74, 6) is 0.383. The molecule has 2 aliphatic rings. The molecule has 0 unspecified atom stereocenters. The summed E-state index contributed by atoms with van der Waals surface area (Å²) in [7, 11) is 0. The van der Waals surface area contributed by atoms with Crippen molar-refractivity contribution in [3.05, 3.63) is 12.2 Å². The van der Waals surface area contributed by atoms with Crippen molar-refractivity contribution in [3.63, 3.8) is 0 Å². The van der Waals surface area contributed by atoms with Gasteiger partial charge in [0.25, 0.3) is 5.91 Å². The molecule has 1 aromatic heterocycles. The average molecular weight is 290 g/mol. The monoisotopic (exact) mass is 290 g/mol. The van der Waals surface area contributed by atoms with Gasteiger partial charge in [0.15, 0.2) is 0 Å². The zero-order valence-electron chi connectivity index (χ0n) is 13.4. The van der Waals surface area contributed by atoms with Crippen molar-refractivity contribution in [1.82, 2.24) is 19.7 Å². The molecular formula is C16H26N4O. The quantitative estimate of drug-likeness (QED) is 0.799. The lowest BCUT2D eigenvalue weighted by molar-refractivity contribution is 0.0487. The number of rotatable bonds is 1. The fourth-order valence-electron chi connectivity index (χ4n) is 3.79. The molecule has 1 saturated carbocycles. The Bertz CT molecular complexity index is 523. The van der Waals surface area contributed by atoms with Crippen LogP contribution in [0.5, 0.6) is 0 Å². The third-order valence-electron chi connectivity index (χ3n) is 5.00. The van der Waals surface area contributed by atoms with Crippen LogP contribution < -0.4 is 0 Å². The van der Waals surface area contributed by atoms with Crippen molar-refractivity contribution in [1.29, 1.82) is 0 Å². The van der Waals surface area contributed by atoms with Gasteiger partial charge in [-0.2, -0.15) is 0 Å². The number of amides is 1. The van der Waals surface area contributed by atoms with Gasteiger partial charge < -0.3 is 4.90 Å². The molecule has 0 radical (unpaired) electrons.